The highest BCUT2D eigenvalue weighted by atomic mass is 32.1. The number of hydrogen-bond donors (Lipinski definition) is 2. The first-order valence-corrected chi connectivity index (χ1v) is 10.7. The second-order valence-electron chi connectivity index (χ2n) is 8.21. The summed E-state index contributed by atoms with van der Waals surface area (Å²) in [4.78, 5) is 18.0. The van der Waals surface area contributed by atoms with Crippen LogP contribution in [0.15, 0.2) is 59.1 Å². The molecule has 0 spiro atoms. The Bertz CT molecular complexity index is 1110. The van der Waals surface area contributed by atoms with Gasteiger partial charge in [-0.3, -0.25) is 4.98 Å². The SMILES string of the molecule is Cc1cc(C(=O)O)ccc1-c1ccc(C2C(c3ccccn3)NC(=S)N2CC(C)C)o1. The van der Waals surface area contributed by atoms with Gasteiger partial charge in [0.05, 0.1) is 17.3 Å². The molecular formula is C24H25N3O3S. The van der Waals surface area contributed by atoms with E-state index in [1.807, 2.05) is 37.3 Å². The molecule has 0 saturated carbocycles. The van der Waals surface area contributed by atoms with Crippen molar-refractivity contribution < 1.29 is 14.3 Å². The van der Waals surface area contributed by atoms with Gasteiger partial charge >= 0.3 is 5.97 Å². The molecule has 2 atom stereocenters. The van der Waals surface area contributed by atoms with Gasteiger partial charge in [-0.2, -0.15) is 0 Å². The summed E-state index contributed by atoms with van der Waals surface area (Å²) in [6, 6.07) is 14.6. The molecule has 6 nitrogen and oxygen atoms in total. The molecule has 160 valence electrons. The highest BCUT2D eigenvalue weighted by Crippen LogP contribution is 2.41. The Balaban J connectivity index is 1.73. The van der Waals surface area contributed by atoms with E-state index in [9.17, 15) is 9.90 Å². The third-order valence-electron chi connectivity index (χ3n) is 5.42. The van der Waals surface area contributed by atoms with Gasteiger partial charge in [-0.25, -0.2) is 4.79 Å². The van der Waals surface area contributed by atoms with E-state index < -0.39 is 5.97 Å². The van der Waals surface area contributed by atoms with Crippen LogP contribution >= 0.6 is 12.2 Å². The smallest absolute Gasteiger partial charge is 0.335 e. The van der Waals surface area contributed by atoms with Gasteiger partial charge in [-0.1, -0.05) is 26.0 Å². The number of nitrogens with one attached hydrogen (secondary N) is 1. The number of benzene rings is 1. The number of thiocarbonyl (C=S) groups is 1. The Hall–Kier alpha value is -3.19. The summed E-state index contributed by atoms with van der Waals surface area (Å²) in [6.07, 6.45) is 1.78. The third-order valence-corrected chi connectivity index (χ3v) is 5.77. The fourth-order valence-corrected chi connectivity index (χ4v) is 4.35. The summed E-state index contributed by atoms with van der Waals surface area (Å²) >= 11 is 5.66. The molecule has 2 aromatic heterocycles. The standard InChI is InChI=1S/C24H25N3O3S/c1-14(2)13-27-22(21(26-24(27)31)18-6-4-5-11-25-18)20-10-9-19(30-20)17-8-7-16(23(28)29)12-15(17)3/h4-12,14,21-22H,13H2,1-3H3,(H,26,31)(H,28,29). The van der Waals surface area contributed by atoms with Crippen molar-refractivity contribution in [3.63, 3.8) is 0 Å². The topological polar surface area (TPSA) is 78.6 Å². The van der Waals surface area contributed by atoms with Crippen LogP contribution in [0, 0.1) is 12.8 Å². The van der Waals surface area contributed by atoms with Crippen LogP contribution in [0.25, 0.3) is 11.3 Å². The number of carboxylic acids is 1. The van der Waals surface area contributed by atoms with Gasteiger partial charge in [0.2, 0.25) is 0 Å². The van der Waals surface area contributed by atoms with E-state index in [1.54, 1.807) is 24.4 Å². The molecule has 3 aromatic rings. The van der Waals surface area contributed by atoms with Crippen LogP contribution in [-0.2, 0) is 0 Å². The third kappa shape index (κ3) is 4.18. The molecule has 1 fully saturated rings. The number of furan rings is 1. The summed E-state index contributed by atoms with van der Waals surface area (Å²) in [5, 5.41) is 13.3. The predicted octanol–water partition coefficient (Wildman–Crippen LogP) is 4.98. The van der Waals surface area contributed by atoms with Gasteiger partial charge in [0.25, 0.3) is 0 Å². The minimum Gasteiger partial charge on any atom is -0.478 e. The maximum Gasteiger partial charge on any atom is 0.335 e. The highest BCUT2D eigenvalue weighted by molar-refractivity contribution is 7.80. The summed E-state index contributed by atoms with van der Waals surface area (Å²) < 4.78 is 6.33. The lowest BCUT2D eigenvalue weighted by molar-refractivity contribution is 0.0697. The molecule has 4 rings (SSSR count). The molecule has 3 heterocycles. The Morgan fingerprint density at radius 3 is 2.71 bits per heavy atom. The van der Waals surface area contributed by atoms with E-state index in [0.717, 1.165) is 29.1 Å². The molecule has 1 saturated heterocycles. The van der Waals surface area contributed by atoms with E-state index in [0.29, 0.717) is 16.8 Å². The van der Waals surface area contributed by atoms with Gasteiger partial charge in [0, 0.05) is 18.3 Å². The van der Waals surface area contributed by atoms with Crippen LogP contribution in [-0.4, -0.2) is 32.6 Å². The van der Waals surface area contributed by atoms with Gasteiger partial charge in [-0.15, -0.1) is 0 Å². The highest BCUT2D eigenvalue weighted by Gasteiger charge is 2.41. The molecule has 1 aromatic carbocycles. The Kier molecular flexibility index (Phi) is 5.78. The van der Waals surface area contributed by atoms with Crippen molar-refractivity contribution >= 4 is 23.3 Å². The normalized spacial score (nSPS) is 18.5. The zero-order valence-corrected chi connectivity index (χ0v) is 18.5. The van der Waals surface area contributed by atoms with Crippen molar-refractivity contribution in [2.24, 2.45) is 5.92 Å². The Morgan fingerprint density at radius 1 is 1.26 bits per heavy atom. The average Bonchev–Trinajstić information content (AvgIpc) is 3.33. The number of aromatic carboxylic acids is 1. The number of rotatable bonds is 6. The van der Waals surface area contributed by atoms with Crippen molar-refractivity contribution in [2.45, 2.75) is 32.9 Å². The largest absolute Gasteiger partial charge is 0.478 e. The molecule has 0 aliphatic carbocycles. The minimum absolute atomic E-state index is 0.123. The number of nitrogens with zero attached hydrogens (tertiary/aromatic N) is 2. The van der Waals surface area contributed by atoms with E-state index >= 15 is 0 Å². The number of aryl methyl sites for hydroxylation is 1. The minimum atomic E-state index is -0.942. The molecule has 0 bridgehead atoms. The lowest BCUT2D eigenvalue weighted by atomic mass is 10.0. The quantitative estimate of drug-likeness (QED) is 0.529. The summed E-state index contributed by atoms with van der Waals surface area (Å²) in [7, 11) is 0. The second kappa shape index (κ2) is 8.51. The summed E-state index contributed by atoms with van der Waals surface area (Å²) in [6.45, 7) is 7.00. The molecule has 7 heteroatoms. The van der Waals surface area contributed by atoms with Crippen LogP contribution < -0.4 is 5.32 Å². The van der Waals surface area contributed by atoms with E-state index in [4.69, 9.17) is 16.6 Å². The zero-order chi connectivity index (χ0) is 22.1. The van der Waals surface area contributed by atoms with Crippen molar-refractivity contribution in [3.8, 4) is 11.3 Å². The molecule has 31 heavy (non-hydrogen) atoms. The zero-order valence-electron chi connectivity index (χ0n) is 17.7. The van der Waals surface area contributed by atoms with Crippen LogP contribution in [0.3, 0.4) is 0 Å². The second-order valence-corrected chi connectivity index (χ2v) is 8.60. The van der Waals surface area contributed by atoms with E-state index in [2.05, 4.69) is 29.0 Å². The average molecular weight is 436 g/mol. The Morgan fingerprint density at radius 2 is 2.06 bits per heavy atom. The first kappa shape index (κ1) is 21.1. The maximum atomic E-state index is 11.3. The molecule has 0 radical (unpaired) electrons. The van der Waals surface area contributed by atoms with Crippen molar-refractivity contribution in [2.75, 3.05) is 6.54 Å². The van der Waals surface area contributed by atoms with Gasteiger partial charge in [0.1, 0.15) is 17.6 Å². The molecular weight excluding hydrogens is 410 g/mol. The number of pyridine rings is 1. The van der Waals surface area contributed by atoms with E-state index in [-0.39, 0.29) is 17.6 Å². The molecule has 0 amide bonds. The lowest BCUT2D eigenvalue weighted by Gasteiger charge is -2.27. The van der Waals surface area contributed by atoms with Gasteiger partial charge < -0.3 is 19.7 Å². The first-order chi connectivity index (χ1) is 14.8. The van der Waals surface area contributed by atoms with Gasteiger partial charge in [-0.05, 0) is 67.0 Å². The number of carbonyl (C=O) groups is 1. The van der Waals surface area contributed by atoms with Crippen LogP contribution in [0.1, 0.15) is 53.3 Å². The van der Waals surface area contributed by atoms with Crippen LogP contribution in [0.5, 0.6) is 0 Å². The van der Waals surface area contributed by atoms with Crippen molar-refractivity contribution in [1.29, 1.82) is 0 Å². The van der Waals surface area contributed by atoms with Crippen LogP contribution in [0.4, 0.5) is 0 Å². The lowest BCUT2D eigenvalue weighted by Crippen LogP contribution is -2.32. The van der Waals surface area contributed by atoms with Crippen molar-refractivity contribution in [1.82, 2.24) is 15.2 Å². The van der Waals surface area contributed by atoms with Gasteiger partial charge in [0.15, 0.2) is 5.11 Å². The number of hydrogen-bond acceptors (Lipinski definition) is 4. The Labute approximate surface area is 186 Å². The molecule has 2 unspecified atom stereocenters. The fourth-order valence-electron chi connectivity index (χ4n) is 4.03. The monoisotopic (exact) mass is 435 g/mol. The maximum absolute atomic E-state index is 11.3. The fraction of sp³-hybridized carbons (Fsp3) is 0.292. The van der Waals surface area contributed by atoms with E-state index in [1.165, 1.54) is 0 Å². The predicted molar refractivity (Wildman–Crippen MR) is 123 cm³/mol. The molecule has 1 aliphatic rings. The number of carboxylic acid groups (broad SMARTS) is 1. The number of aromatic nitrogens is 1. The van der Waals surface area contributed by atoms with Crippen molar-refractivity contribution in [3.05, 3.63) is 77.3 Å². The molecule has 2 N–H and O–H groups in total. The molecule has 1 aliphatic heterocycles. The summed E-state index contributed by atoms with van der Waals surface area (Å²) in [5.74, 6) is 0.972. The first-order valence-electron chi connectivity index (χ1n) is 10.3. The summed E-state index contributed by atoms with van der Waals surface area (Å²) in [5.41, 5.74) is 2.88. The van der Waals surface area contributed by atoms with Crippen LogP contribution in [0.2, 0.25) is 0 Å².